The van der Waals surface area contributed by atoms with Crippen LogP contribution < -0.4 is 0 Å². The van der Waals surface area contributed by atoms with Gasteiger partial charge < -0.3 is 0 Å². The molecular weight excluding hydrogens is 236 g/mol. The molecule has 0 aliphatic carbocycles. The van der Waals surface area contributed by atoms with Gasteiger partial charge >= 0.3 is 0 Å². The van der Waals surface area contributed by atoms with Crippen molar-refractivity contribution in [3.05, 3.63) is 77.9 Å². The zero-order valence-corrected chi connectivity index (χ0v) is 10.5. The lowest BCUT2D eigenvalue weighted by molar-refractivity contribution is 0.0894. The van der Waals surface area contributed by atoms with Crippen LogP contribution in [0.4, 0.5) is 0 Å². The first-order valence-electron chi connectivity index (χ1n) is 6.04. The summed E-state index contributed by atoms with van der Waals surface area (Å²) in [5.74, 6) is -0.327. The predicted molar refractivity (Wildman–Crippen MR) is 76.3 cm³/mol. The lowest BCUT2D eigenvalue weighted by Crippen LogP contribution is -2.08. The summed E-state index contributed by atoms with van der Waals surface area (Å²) < 4.78 is 0. The molecule has 0 heterocycles. The fraction of sp³-hybridized carbons (Fsp3) is 0.0588. The standard InChI is InChI=1S/C17H14O2/c1-2-13-7-6-10-15(11-13)17(19)12-16(18)14-8-4-3-5-9-14/h2-11H,1,12H2. The molecule has 0 amide bonds. The fourth-order valence-corrected chi connectivity index (χ4v) is 1.81. The Morgan fingerprint density at radius 3 is 2.21 bits per heavy atom. The minimum Gasteiger partial charge on any atom is -0.294 e. The summed E-state index contributed by atoms with van der Waals surface area (Å²) in [7, 11) is 0. The molecule has 0 atom stereocenters. The third-order valence-electron chi connectivity index (χ3n) is 2.86. The number of hydrogen-bond donors (Lipinski definition) is 0. The van der Waals surface area contributed by atoms with Gasteiger partial charge in [0.25, 0.3) is 0 Å². The largest absolute Gasteiger partial charge is 0.294 e. The highest BCUT2D eigenvalue weighted by molar-refractivity contribution is 6.13. The Kier molecular flexibility index (Phi) is 4.04. The van der Waals surface area contributed by atoms with Crippen LogP contribution in [0, 0.1) is 0 Å². The number of ketones is 2. The second-order valence-corrected chi connectivity index (χ2v) is 4.22. The van der Waals surface area contributed by atoms with E-state index in [9.17, 15) is 9.59 Å². The van der Waals surface area contributed by atoms with Crippen molar-refractivity contribution in [2.75, 3.05) is 0 Å². The predicted octanol–water partition coefficient (Wildman–Crippen LogP) is 3.79. The highest BCUT2D eigenvalue weighted by Gasteiger charge is 2.13. The summed E-state index contributed by atoms with van der Waals surface area (Å²) in [6.45, 7) is 3.66. The smallest absolute Gasteiger partial charge is 0.170 e. The lowest BCUT2D eigenvalue weighted by atomic mass is 10.0. The Bertz CT molecular complexity index is 612. The van der Waals surface area contributed by atoms with E-state index < -0.39 is 0 Å². The summed E-state index contributed by atoms with van der Waals surface area (Å²) in [4.78, 5) is 24.0. The van der Waals surface area contributed by atoms with E-state index in [2.05, 4.69) is 6.58 Å². The van der Waals surface area contributed by atoms with Crippen LogP contribution in [0.2, 0.25) is 0 Å². The first-order valence-corrected chi connectivity index (χ1v) is 6.04. The van der Waals surface area contributed by atoms with Crippen molar-refractivity contribution in [3.63, 3.8) is 0 Å². The van der Waals surface area contributed by atoms with Gasteiger partial charge in [-0.1, -0.05) is 61.2 Å². The van der Waals surface area contributed by atoms with Crippen LogP contribution in [0.25, 0.3) is 6.08 Å². The summed E-state index contributed by atoms with van der Waals surface area (Å²) in [6.07, 6.45) is 1.57. The Morgan fingerprint density at radius 2 is 1.53 bits per heavy atom. The van der Waals surface area contributed by atoms with Crippen LogP contribution in [0.15, 0.2) is 61.2 Å². The molecule has 0 N–H and O–H groups in total. The van der Waals surface area contributed by atoms with Gasteiger partial charge in [-0.15, -0.1) is 0 Å². The number of Topliss-reactive ketones (excluding diaryl/α,β-unsaturated/α-hetero) is 2. The quantitative estimate of drug-likeness (QED) is 0.597. The van der Waals surface area contributed by atoms with Gasteiger partial charge in [0.1, 0.15) is 0 Å². The van der Waals surface area contributed by atoms with E-state index in [-0.39, 0.29) is 18.0 Å². The van der Waals surface area contributed by atoms with Crippen LogP contribution in [0.1, 0.15) is 32.7 Å². The van der Waals surface area contributed by atoms with Crippen molar-refractivity contribution in [2.24, 2.45) is 0 Å². The average Bonchev–Trinajstić information content (AvgIpc) is 2.48. The number of benzene rings is 2. The Balaban J connectivity index is 2.13. The van der Waals surface area contributed by atoms with E-state index in [1.54, 1.807) is 48.5 Å². The Labute approximate surface area is 112 Å². The van der Waals surface area contributed by atoms with E-state index in [4.69, 9.17) is 0 Å². The minimum absolute atomic E-state index is 0.107. The minimum atomic E-state index is -0.169. The van der Waals surface area contributed by atoms with E-state index in [0.717, 1.165) is 5.56 Å². The van der Waals surface area contributed by atoms with E-state index in [1.165, 1.54) is 0 Å². The van der Waals surface area contributed by atoms with E-state index >= 15 is 0 Å². The maximum absolute atomic E-state index is 12.0. The second-order valence-electron chi connectivity index (χ2n) is 4.22. The maximum Gasteiger partial charge on any atom is 0.170 e. The molecule has 0 fully saturated rings. The topological polar surface area (TPSA) is 34.1 Å². The molecule has 2 nitrogen and oxygen atoms in total. The molecule has 0 saturated carbocycles. The van der Waals surface area contributed by atoms with Crippen molar-refractivity contribution < 1.29 is 9.59 Å². The van der Waals surface area contributed by atoms with Crippen LogP contribution in [0.3, 0.4) is 0 Å². The normalized spacial score (nSPS) is 9.89. The zero-order valence-electron chi connectivity index (χ0n) is 10.5. The molecular formula is C17H14O2. The van der Waals surface area contributed by atoms with Crippen LogP contribution >= 0.6 is 0 Å². The van der Waals surface area contributed by atoms with Gasteiger partial charge in [0.15, 0.2) is 11.6 Å². The molecule has 0 bridgehead atoms. The highest BCUT2D eigenvalue weighted by atomic mass is 16.1. The summed E-state index contributed by atoms with van der Waals surface area (Å²) in [6, 6.07) is 16.0. The van der Waals surface area contributed by atoms with E-state index in [1.807, 2.05) is 12.1 Å². The first kappa shape index (κ1) is 13.0. The van der Waals surface area contributed by atoms with Gasteiger partial charge in [-0.25, -0.2) is 0 Å². The van der Waals surface area contributed by atoms with Gasteiger partial charge in [0.2, 0.25) is 0 Å². The van der Waals surface area contributed by atoms with Gasteiger partial charge in [-0.2, -0.15) is 0 Å². The molecule has 2 aromatic carbocycles. The van der Waals surface area contributed by atoms with Crippen molar-refractivity contribution in [3.8, 4) is 0 Å². The summed E-state index contributed by atoms with van der Waals surface area (Å²) >= 11 is 0. The maximum atomic E-state index is 12.0. The van der Waals surface area contributed by atoms with Crippen molar-refractivity contribution >= 4 is 17.6 Å². The van der Waals surface area contributed by atoms with Crippen molar-refractivity contribution in [1.29, 1.82) is 0 Å². The van der Waals surface area contributed by atoms with Gasteiger partial charge in [-0.05, 0) is 11.6 Å². The van der Waals surface area contributed by atoms with Crippen LogP contribution in [-0.4, -0.2) is 11.6 Å². The van der Waals surface area contributed by atoms with Gasteiger partial charge in [0.05, 0.1) is 6.42 Å². The molecule has 0 spiro atoms. The first-order chi connectivity index (χ1) is 9.20. The molecule has 0 aliphatic heterocycles. The molecule has 0 aromatic heterocycles. The zero-order chi connectivity index (χ0) is 13.7. The average molecular weight is 250 g/mol. The molecule has 0 radical (unpaired) electrons. The van der Waals surface area contributed by atoms with Crippen molar-refractivity contribution in [1.82, 2.24) is 0 Å². The monoisotopic (exact) mass is 250 g/mol. The Morgan fingerprint density at radius 1 is 0.895 bits per heavy atom. The van der Waals surface area contributed by atoms with Gasteiger partial charge in [0, 0.05) is 11.1 Å². The molecule has 19 heavy (non-hydrogen) atoms. The van der Waals surface area contributed by atoms with Crippen molar-refractivity contribution in [2.45, 2.75) is 6.42 Å². The van der Waals surface area contributed by atoms with Gasteiger partial charge in [-0.3, -0.25) is 9.59 Å². The third kappa shape index (κ3) is 3.26. The second kappa shape index (κ2) is 5.91. The fourth-order valence-electron chi connectivity index (χ4n) is 1.81. The number of rotatable bonds is 5. The highest BCUT2D eigenvalue weighted by Crippen LogP contribution is 2.11. The summed E-state index contributed by atoms with van der Waals surface area (Å²) in [5.41, 5.74) is 1.98. The third-order valence-corrected chi connectivity index (χ3v) is 2.86. The Hall–Kier alpha value is -2.48. The van der Waals surface area contributed by atoms with Crippen LogP contribution in [0.5, 0.6) is 0 Å². The molecule has 0 aliphatic rings. The molecule has 0 unspecified atom stereocenters. The molecule has 2 heteroatoms. The molecule has 0 saturated heterocycles. The molecule has 2 rings (SSSR count). The SMILES string of the molecule is C=Cc1cccc(C(=O)CC(=O)c2ccccc2)c1. The molecule has 2 aromatic rings. The lowest BCUT2D eigenvalue weighted by Gasteiger charge is -2.02. The van der Waals surface area contributed by atoms with E-state index in [0.29, 0.717) is 11.1 Å². The van der Waals surface area contributed by atoms with Crippen LogP contribution in [-0.2, 0) is 0 Å². The number of hydrogen-bond acceptors (Lipinski definition) is 2. The number of carbonyl (C=O) groups excluding carboxylic acids is 2. The summed E-state index contributed by atoms with van der Waals surface area (Å²) in [5, 5.41) is 0. The number of carbonyl (C=O) groups is 2. The molecule has 94 valence electrons.